The quantitative estimate of drug-likeness (QED) is 0.354. The Kier molecular flexibility index (Phi) is 7.13. The lowest BCUT2D eigenvalue weighted by molar-refractivity contribution is -0.686. The molecule has 0 spiro atoms. The van der Waals surface area contributed by atoms with Crippen LogP contribution in [0.25, 0.3) is 22.0 Å². The fourth-order valence-electron chi connectivity index (χ4n) is 4.47. The summed E-state index contributed by atoms with van der Waals surface area (Å²) in [7, 11) is 4.97. The lowest BCUT2D eigenvalue weighted by atomic mass is 9.95. The first kappa shape index (κ1) is 24.4. The van der Waals surface area contributed by atoms with Crippen molar-refractivity contribution in [2.45, 2.75) is 19.6 Å². The van der Waals surface area contributed by atoms with E-state index in [0.29, 0.717) is 23.7 Å². The SMILES string of the molecule is COc1cc2c(cc1OC)-c1cc3ccc(OC)c(OCc4ccc(C#N)cc4)c3c[n+]1CC2.[Br-]. The van der Waals surface area contributed by atoms with Gasteiger partial charge in [-0.25, -0.2) is 0 Å². The summed E-state index contributed by atoms with van der Waals surface area (Å²) in [6.45, 7) is 1.22. The van der Waals surface area contributed by atoms with Crippen molar-refractivity contribution in [2.24, 2.45) is 0 Å². The Labute approximate surface area is 215 Å². The first-order chi connectivity index (χ1) is 16.6. The molecule has 178 valence electrons. The standard InChI is InChI=1S/C28H25N2O4.BrH/c1-31-25-9-8-20-12-24-22-14-27(33-3)26(32-2)13-21(22)10-11-30(24)16-23(20)28(25)34-17-19-6-4-18(15-29)5-7-19;/h4-9,12-14,16H,10-11,17H2,1-3H3;1H/q+1;/p-1. The molecule has 0 aliphatic carbocycles. The summed E-state index contributed by atoms with van der Waals surface area (Å²) in [5.41, 5.74) is 5.12. The average molecular weight is 533 g/mol. The molecule has 35 heavy (non-hydrogen) atoms. The molecule has 0 radical (unpaired) electrons. The van der Waals surface area contributed by atoms with Crippen molar-refractivity contribution in [3.63, 3.8) is 0 Å². The predicted octanol–water partition coefficient (Wildman–Crippen LogP) is 1.83. The summed E-state index contributed by atoms with van der Waals surface area (Å²) in [4.78, 5) is 0. The maximum absolute atomic E-state index is 9.02. The predicted molar refractivity (Wildman–Crippen MR) is 128 cm³/mol. The van der Waals surface area contributed by atoms with E-state index in [9.17, 15) is 0 Å². The second kappa shape index (κ2) is 10.2. The van der Waals surface area contributed by atoms with Crippen LogP contribution in [-0.2, 0) is 19.6 Å². The van der Waals surface area contributed by atoms with Crippen LogP contribution < -0.4 is 40.5 Å². The van der Waals surface area contributed by atoms with Crippen LogP contribution in [-0.4, -0.2) is 21.3 Å². The number of nitriles is 1. The van der Waals surface area contributed by atoms with E-state index in [1.807, 2.05) is 18.2 Å². The third-order valence-corrected chi connectivity index (χ3v) is 6.27. The topological polar surface area (TPSA) is 64.6 Å². The zero-order chi connectivity index (χ0) is 23.7. The molecule has 0 unspecified atom stereocenters. The number of benzene rings is 3. The van der Waals surface area contributed by atoms with Crippen molar-refractivity contribution >= 4 is 10.8 Å². The van der Waals surface area contributed by atoms with E-state index < -0.39 is 0 Å². The molecule has 0 fully saturated rings. The van der Waals surface area contributed by atoms with Gasteiger partial charge in [-0.3, -0.25) is 0 Å². The highest BCUT2D eigenvalue weighted by Gasteiger charge is 2.27. The Morgan fingerprint density at radius 1 is 0.886 bits per heavy atom. The van der Waals surface area contributed by atoms with Gasteiger partial charge in [0.15, 0.2) is 35.7 Å². The zero-order valence-electron chi connectivity index (χ0n) is 19.8. The summed E-state index contributed by atoms with van der Waals surface area (Å²) in [5, 5.41) is 11.1. The van der Waals surface area contributed by atoms with Gasteiger partial charge in [-0.15, -0.1) is 0 Å². The molecule has 0 saturated carbocycles. The van der Waals surface area contributed by atoms with E-state index in [2.05, 4.69) is 41.1 Å². The van der Waals surface area contributed by atoms with E-state index in [4.69, 9.17) is 24.2 Å². The third kappa shape index (κ3) is 4.50. The molecule has 2 heterocycles. The minimum atomic E-state index is 0. The van der Waals surface area contributed by atoms with Crippen molar-refractivity contribution in [2.75, 3.05) is 21.3 Å². The second-order valence-electron chi connectivity index (χ2n) is 8.16. The van der Waals surface area contributed by atoms with Crippen LogP contribution in [0.1, 0.15) is 16.7 Å². The van der Waals surface area contributed by atoms with Crippen LogP contribution in [0.5, 0.6) is 23.0 Å². The molecule has 0 saturated heterocycles. The van der Waals surface area contributed by atoms with Gasteiger partial charge in [0.25, 0.3) is 0 Å². The van der Waals surface area contributed by atoms with Crippen molar-refractivity contribution in [1.82, 2.24) is 0 Å². The second-order valence-corrected chi connectivity index (χ2v) is 8.16. The number of halogens is 1. The van der Waals surface area contributed by atoms with Crippen LogP contribution in [0.3, 0.4) is 0 Å². The van der Waals surface area contributed by atoms with Crippen LogP contribution in [0, 0.1) is 11.3 Å². The first-order valence-corrected chi connectivity index (χ1v) is 11.1. The minimum absolute atomic E-state index is 0. The van der Waals surface area contributed by atoms with E-state index >= 15 is 0 Å². The largest absolute Gasteiger partial charge is 1.00 e. The number of hydrogen-bond acceptors (Lipinski definition) is 5. The smallest absolute Gasteiger partial charge is 0.213 e. The Hall–Kier alpha value is -3.76. The van der Waals surface area contributed by atoms with Crippen molar-refractivity contribution in [3.8, 4) is 40.3 Å². The number of rotatable bonds is 6. The number of pyridine rings is 1. The molecule has 5 rings (SSSR count). The van der Waals surface area contributed by atoms with E-state index in [1.54, 1.807) is 33.5 Å². The number of aryl methyl sites for hydroxylation is 2. The number of aromatic nitrogens is 1. The van der Waals surface area contributed by atoms with Crippen LogP contribution in [0.15, 0.2) is 60.8 Å². The van der Waals surface area contributed by atoms with Gasteiger partial charge >= 0.3 is 0 Å². The van der Waals surface area contributed by atoms with Gasteiger partial charge < -0.3 is 35.9 Å². The maximum Gasteiger partial charge on any atom is 0.213 e. The Morgan fingerprint density at radius 3 is 2.29 bits per heavy atom. The van der Waals surface area contributed by atoms with Crippen molar-refractivity contribution in [3.05, 3.63) is 77.5 Å². The molecule has 0 atom stereocenters. The molecule has 0 amide bonds. The van der Waals surface area contributed by atoms with Gasteiger partial charge in [-0.1, -0.05) is 12.1 Å². The molecular weight excluding hydrogens is 508 g/mol. The molecule has 6 nitrogen and oxygen atoms in total. The van der Waals surface area contributed by atoms with E-state index in [1.165, 1.54) is 5.56 Å². The van der Waals surface area contributed by atoms with Gasteiger partial charge in [0, 0.05) is 12.5 Å². The Balaban J connectivity index is 0.00000289. The highest BCUT2D eigenvalue weighted by Crippen LogP contribution is 2.40. The zero-order valence-corrected chi connectivity index (χ0v) is 21.4. The van der Waals surface area contributed by atoms with Crippen LogP contribution in [0.2, 0.25) is 0 Å². The fourth-order valence-corrected chi connectivity index (χ4v) is 4.47. The van der Waals surface area contributed by atoms with Gasteiger partial charge in [0.05, 0.1) is 43.9 Å². The van der Waals surface area contributed by atoms with Gasteiger partial charge in [-0.05, 0) is 52.9 Å². The van der Waals surface area contributed by atoms with Gasteiger partial charge in [-0.2, -0.15) is 9.83 Å². The summed E-state index contributed by atoms with van der Waals surface area (Å²) in [5.74, 6) is 2.86. The molecule has 1 aromatic heterocycles. The summed E-state index contributed by atoms with van der Waals surface area (Å²) < 4.78 is 25.2. The minimum Gasteiger partial charge on any atom is -1.00 e. The molecule has 7 heteroatoms. The molecule has 4 aromatic rings. The van der Waals surface area contributed by atoms with E-state index in [0.717, 1.165) is 52.1 Å². The Bertz CT molecular complexity index is 1430. The molecule has 1 aliphatic heterocycles. The first-order valence-electron chi connectivity index (χ1n) is 11.1. The number of nitrogens with zero attached hydrogens (tertiary/aromatic N) is 2. The maximum atomic E-state index is 9.02. The van der Waals surface area contributed by atoms with Crippen LogP contribution in [0.4, 0.5) is 0 Å². The lowest BCUT2D eigenvalue weighted by Gasteiger charge is -2.19. The molecular formula is C28H25BrN2O4. The third-order valence-electron chi connectivity index (χ3n) is 6.27. The van der Waals surface area contributed by atoms with Gasteiger partial charge in [0.1, 0.15) is 6.61 Å². The highest BCUT2D eigenvalue weighted by molar-refractivity contribution is 5.91. The lowest BCUT2D eigenvalue weighted by Crippen LogP contribution is -3.00. The molecule has 0 bridgehead atoms. The number of ether oxygens (including phenoxy) is 4. The normalized spacial score (nSPS) is 11.5. The Morgan fingerprint density at radius 2 is 1.60 bits per heavy atom. The molecule has 0 N–H and O–H groups in total. The monoisotopic (exact) mass is 532 g/mol. The summed E-state index contributed by atoms with van der Waals surface area (Å²) in [6, 6.07) is 19.9. The summed E-state index contributed by atoms with van der Waals surface area (Å²) >= 11 is 0. The van der Waals surface area contributed by atoms with Gasteiger partial charge in [0.2, 0.25) is 5.69 Å². The van der Waals surface area contributed by atoms with E-state index in [-0.39, 0.29) is 17.0 Å². The number of methoxy groups -OCH3 is 3. The molecule has 3 aromatic carbocycles. The summed E-state index contributed by atoms with van der Waals surface area (Å²) in [6.07, 6.45) is 3.03. The number of hydrogen-bond donors (Lipinski definition) is 0. The van der Waals surface area contributed by atoms with Crippen molar-refractivity contribution in [1.29, 1.82) is 5.26 Å². The fraction of sp³-hybridized carbons (Fsp3) is 0.214. The van der Waals surface area contributed by atoms with Crippen molar-refractivity contribution < 1.29 is 40.5 Å². The van der Waals surface area contributed by atoms with Crippen LogP contribution >= 0.6 is 0 Å². The average Bonchev–Trinajstić information content (AvgIpc) is 2.89. The highest BCUT2D eigenvalue weighted by atomic mass is 79.9. The molecule has 1 aliphatic rings. The number of fused-ring (bicyclic) bond motifs is 4.